The quantitative estimate of drug-likeness (QED) is 0.280. The Hall–Kier alpha value is -4.45. The number of anilines is 1. The number of nitrogens with two attached hydrogens (primary N) is 1. The van der Waals surface area contributed by atoms with Crippen LogP contribution in [0.2, 0.25) is 0 Å². The number of hydrogen-bond donors (Lipinski definition) is 2. The van der Waals surface area contributed by atoms with Crippen molar-refractivity contribution in [3.63, 3.8) is 0 Å². The molecule has 0 aromatic heterocycles. The maximum atomic E-state index is 14.2. The van der Waals surface area contributed by atoms with E-state index in [2.05, 4.69) is 17.1 Å². The van der Waals surface area contributed by atoms with Crippen molar-refractivity contribution in [2.24, 2.45) is 5.73 Å². The second kappa shape index (κ2) is 16.4. The minimum atomic E-state index is -0.815. The Kier molecular flexibility index (Phi) is 12.4. The van der Waals surface area contributed by atoms with Crippen LogP contribution in [0.3, 0.4) is 0 Å². The van der Waals surface area contributed by atoms with E-state index in [9.17, 15) is 24.0 Å². The molecule has 4 rings (SSSR count). The number of likely N-dealkylation sites (N-methyl/N-ethyl adjacent to an activating group) is 1. The van der Waals surface area contributed by atoms with E-state index in [1.54, 1.807) is 36.1 Å². The summed E-state index contributed by atoms with van der Waals surface area (Å²) < 4.78 is 5.01. The maximum Gasteiger partial charge on any atom is 0.307 e. The number of amides is 4. The predicted octanol–water partition coefficient (Wildman–Crippen LogP) is 2.29. The molecule has 2 aromatic carbocycles. The first kappa shape index (κ1) is 35.4. The lowest BCUT2D eigenvalue weighted by Crippen LogP contribution is -2.50. The first-order chi connectivity index (χ1) is 22.5. The van der Waals surface area contributed by atoms with Crippen LogP contribution in [0.15, 0.2) is 48.5 Å². The number of carbonyl (C=O) groups excluding carboxylic acids is 5. The average Bonchev–Trinajstić information content (AvgIpc) is 3.50. The summed E-state index contributed by atoms with van der Waals surface area (Å²) in [6, 6.07) is 14.1. The molecule has 1 saturated heterocycles. The third-order valence-electron chi connectivity index (χ3n) is 9.01. The van der Waals surface area contributed by atoms with E-state index in [1.807, 2.05) is 43.3 Å². The highest BCUT2D eigenvalue weighted by Gasteiger charge is 2.44. The van der Waals surface area contributed by atoms with Crippen LogP contribution >= 0.6 is 0 Å². The SMILES string of the molecule is CCOC(=O)CCNC(=O)C1c2ccccc2C(=O)N(CCC(=O)N(CC(N)=O)CC2CCCN2CC)C1c1ccc(N(C)C)cc1. The second-order valence-electron chi connectivity index (χ2n) is 12.3. The molecule has 2 aliphatic rings. The normalized spacial score (nSPS) is 19.2. The number of carbonyl (C=O) groups is 5. The zero-order valence-electron chi connectivity index (χ0n) is 27.9. The minimum absolute atomic E-state index is 0.0133. The van der Waals surface area contributed by atoms with Gasteiger partial charge in [0.25, 0.3) is 5.91 Å². The predicted molar refractivity (Wildman–Crippen MR) is 179 cm³/mol. The molecule has 3 unspecified atom stereocenters. The van der Waals surface area contributed by atoms with E-state index in [1.165, 1.54) is 4.90 Å². The minimum Gasteiger partial charge on any atom is -0.466 e. The number of nitrogens with one attached hydrogen (secondary N) is 1. The molecule has 0 aliphatic carbocycles. The van der Waals surface area contributed by atoms with Gasteiger partial charge in [-0.25, -0.2) is 0 Å². The van der Waals surface area contributed by atoms with E-state index in [0.717, 1.165) is 37.2 Å². The zero-order chi connectivity index (χ0) is 34.1. The zero-order valence-corrected chi connectivity index (χ0v) is 27.9. The van der Waals surface area contributed by atoms with Crippen molar-refractivity contribution < 1.29 is 28.7 Å². The molecule has 12 nitrogen and oxygen atoms in total. The highest BCUT2D eigenvalue weighted by atomic mass is 16.5. The molecule has 2 aromatic rings. The fourth-order valence-corrected chi connectivity index (χ4v) is 6.68. The number of ether oxygens (including phenoxy) is 1. The molecule has 254 valence electrons. The van der Waals surface area contributed by atoms with Crippen molar-refractivity contribution in [3.8, 4) is 0 Å². The fourth-order valence-electron chi connectivity index (χ4n) is 6.68. The summed E-state index contributed by atoms with van der Waals surface area (Å²) in [6.07, 6.45) is 1.91. The smallest absolute Gasteiger partial charge is 0.307 e. The number of fused-ring (bicyclic) bond motifs is 1. The molecule has 4 amide bonds. The van der Waals surface area contributed by atoms with E-state index >= 15 is 0 Å². The third kappa shape index (κ3) is 8.68. The summed E-state index contributed by atoms with van der Waals surface area (Å²) in [5.74, 6) is -2.74. The summed E-state index contributed by atoms with van der Waals surface area (Å²) in [4.78, 5) is 73.2. The van der Waals surface area contributed by atoms with Gasteiger partial charge >= 0.3 is 5.97 Å². The molecule has 0 radical (unpaired) electrons. The molecule has 0 saturated carbocycles. The number of rotatable bonds is 15. The first-order valence-electron chi connectivity index (χ1n) is 16.5. The summed E-state index contributed by atoms with van der Waals surface area (Å²) >= 11 is 0. The Morgan fingerprint density at radius 2 is 1.74 bits per heavy atom. The first-order valence-corrected chi connectivity index (χ1v) is 16.5. The monoisotopic (exact) mass is 648 g/mol. The molecule has 0 spiro atoms. The van der Waals surface area contributed by atoms with Crippen LogP contribution in [0.5, 0.6) is 0 Å². The topological polar surface area (TPSA) is 146 Å². The second-order valence-corrected chi connectivity index (χ2v) is 12.3. The van der Waals surface area contributed by atoms with Gasteiger partial charge in [-0.1, -0.05) is 37.3 Å². The van der Waals surface area contributed by atoms with Crippen molar-refractivity contribution in [2.45, 2.75) is 57.5 Å². The van der Waals surface area contributed by atoms with Crippen LogP contribution in [-0.2, 0) is 23.9 Å². The maximum absolute atomic E-state index is 14.2. The molecule has 3 atom stereocenters. The van der Waals surface area contributed by atoms with E-state index < -0.39 is 23.8 Å². The number of esters is 1. The van der Waals surface area contributed by atoms with Crippen LogP contribution in [0.4, 0.5) is 5.69 Å². The van der Waals surface area contributed by atoms with Gasteiger partial charge in [0.1, 0.15) is 0 Å². The fraction of sp³-hybridized carbons (Fsp3) is 0.514. The number of benzene rings is 2. The summed E-state index contributed by atoms with van der Waals surface area (Å²) in [6.45, 7) is 6.12. The van der Waals surface area contributed by atoms with Gasteiger partial charge < -0.3 is 30.5 Å². The van der Waals surface area contributed by atoms with Gasteiger partial charge in [0.05, 0.1) is 31.5 Å². The number of primary amides is 1. The summed E-state index contributed by atoms with van der Waals surface area (Å²) in [5, 5.41) is 2.88. The van der Waals surface area contributed by atoms with Crippen molar-refractivity contribution in [3.05, 3.63) is 65.2 Å². The largest absolute Gasteiger partial charge is 0.466 e. The van der Waals surface area contributed by atoms with Gasteiger partial charge in [-0.2, -0.15) is 0 Å². The van der Waals surface area contributed by atoms with Crippen molar-refractivity contribution in [1.82, 2.24) is 20.0 Å². The third-order valence-corrected chi connectivity index (χ3v) is 9.01. The standard InChI is InChI=1S/C35H48N6O6/c1-5-39-20-9-10-26(39)22-40(23-29(36)42)30(43)18-21-41-33(24-13-15-25(16-14-24)38(3)4)32(27-11-7-8-12-28(27)35(41)46)34(45)37-19-17-31(44)47-6-2/h7-8,11-16,26,32-33H,5-6,9-10,17-23H2,1-4H3,(H2,36,42)(H,37,45). The van der Waals surface area contributed by atoms with Crippen molar-refractivity contribution in [2.75, 3.05) is 64.9 Å². The van der Waals surface area contributed by atoms with Crippen LogP contribution < -0.4 is 16.0 Å². The molecule has 0 bridgehead atoms. The van der Waals surface area contributed by atoms with Gasteiger partial charge in [-0.15, -0.1) is 0 Å². The summed E-state index contributed by atoms with van der Waals surface area (Å²) in [7, 11) is 3.85. The molecule has 3 N–H and O–H groups in total. The lowest BCUT2D eigenvalue weighted by Gasteiger charge is -2.42. The van der Waals surface area contributed by atoms with Gasteiger partial charge in [-0.05, 0) is 62.2 Å². The van der Waals surface area contributed by atoms with E-state index in [-0.39, 0.29) is 62.8 Å². The number of hydrogen-bond acceptors (Lipinski definition) is 8. The highest BCUT2D eigenvalue weighted by Crippen LogP contribution is 2.43. The van der Waals surface area contributed by atoms with Crippen molar-refractivity contribution >= 4 is 35.3 Å². The molecule has 2 heterocycles. The van der Waals surface area contributed by atoms with Crippen molar-refractivity contribution in [1.29, 1.82) is 0 Å². The highest BCUT2D eigenvalue weighted by molar-refractivity contribution is 6.01. The molecule has 1 fully saturated rings. The Morgan fingerprint density at radius 3 is 2.40 bits per heavy atom. The number of likely N-dealkylation sites (tertiary alicyclic amines) is 1. The number of nitrogens with zero attached hydrogens (tertiary/aromatic N) is 4. The van der Waals surface area contributed by atoms with Crippen LogP contribution in [-0.4, -0.2) is 110 Å². The van der Waals surface area contributed by atoms with Gasteiger partial charge in [0.15, 0.2) is 0 Å². The molecular weight excluding hydrogens is 600 g/mol. The molecule has 12 heteroatoms. The lowest BCUT2D eigenvalue weighted by atomic mass is 9.79. The van der Waals surface area contributed by atoms with Gasteiger partial charge in [0, 0.05) is 57.4 Å². The van der Waals surface area contributed by atoms with E-state index in [4.69, 9.17) is 10.5 Å². The Balaban J connectivity index is 1.66. The Bertz CT molecular complexity index is 1430. The Labute approximate surface area is 277 Å². The van der Waals surface area contributed by atoms with E-state index in [0.29, 0.717) is 17.7 Å². The molecule has 47 heavy (non-hydrogen) atoms. The average molecular weight is 649 g/mol. The Morgan fingerprint density at radius 1 is 1.02 bits per heavy atom. The van der Waals surface area contributed by atoms with Gasteiger partial charge in [-0.3, -0.25) is 28.9 Å². The molecular formula is C35H48N6O6. The van der Waals surface area contributed by atoms with Crippen LogP contribution in [0.1, 0.15) is 73.0 Å². The van der Waals surface area contributed by atoms with Gasteiger partial charge in [0.2, 0.25) is 17.7 Å². The summed E-state index contributed by atoms with van der Waals surface area (Å²) in [5.41, 5.74) is 8.19. The van der Waals surface area contributed by atoms with Crippen LogP contribution in [0, 0.1) is 0 Å². The van der Waals surface area contributed by atoms with Crippen LogP contribution in [0.25, 0.3) is 0 Å². The lowest BCUT2D eigenvalue weighted by molar-refractivity contribution is -0.143. The molecule has 2 aliphatic heterocycles.